The molecule has 0 aliphatic heterocycles. The molecule has 0 saturated carbocycles. The second-order valence-corrected chi connectivity index (χ2v) is 4.12. The van der Waals surface area contributed by atoms with Crippen molar-refractivity contribution in [2.45, 2.75) is 0 Å². The number of azo groups is 2. The summed E-state index contributed by atoms with van der Waals surface area (Å²) >= 11 is 0. The quantitative estimate of drug-likeness (QED) is 0.532. The normalized spacial score (nSPS) is 11.9. The van der Waals surface area contributed by atoms with Gasteiger partial charge in [0.05, 0.1) is 11.4 Å². The fourth-order valence-electron chi connectivity index (χ4n) is 1.73. The molecule has 0 bridgehead atoms. The Morgan fingerprint density at radius 1 is 0.600 bits per heavy atom. The minimum absolute atomic E-state index is 0.860. The summed E-state index contributed by atoms with van der Waals surface area (Å²) in [5, 5.41) is 15.4. The van der Waals surface area contributed by atoms with Gasteiger partial charge in [-0.1, -0.05) is 36.4 Å². The fraction of sp³-hybridized carbons (Fsp3) is 0.125. The maximum Gasteiger partial charge on any atom is 0.0852 e. The molecule has 100 valence electrons. The predicted octanol–water partition coefficient (Wildman–Crippen LogP) is 5.28. The highest BCUT2D eigenvalue weighted by atomic mass is 15.1. The Morgan fingerprint density at radius 3 is 1.25 bits per heavy atom. The first kappa shape index (κ1) is 13.8. The minimum atomic E-state index is 0.860. The molecule has 4 heteroatoms. The van der Waals surface area contributed by atoms with Crippen LogP contribution < -0.4 is 0 Å². The summed E-state index contributed by atoms with van der Waals surface area (Å²) in [7, 11) is 3.32. The van der Waals surface area contributed by atoms with E-state index in [1.54, 1.807) is 14.1 Å². The molecule has 2 rings (SSSR count). The van der Waals surface area contributed by atoms with Crippen molar-refractivity contribution in [2.24, 2.45) is 20.5 Å². The molecule has 0 aromatic heterocycles. The van der Waals surface area contributed by atoms with E-state index < -0.39 is 0 Å². The third-order valence-electron chi connectivity index (χ3n) is 2.69. The zero-order chi connectivity index (χ0) is 14.2. The van der Waals surface area contributed by atoms with Gasteiger partial charge in [0.25, 0.3) is 0 Å². The zero-order valence-electron chi connectivity index (χ0n) is 11.6. The summed E-state index contributed by atoms with van der Waals surface area (Å²) < 4.78 is 0. The van der Waals surface area contributed by atoms with Crippen LogP contribution in [0, 0.1) is 0 Å². The van der Waals surface area contributed by atoms with Gasteiger partial charge in [-0.15, -0.1) is 0 Å². The van der Waals surface area contributed by atoms with E-state index in [2.05, 4.69) is 32.6 Å². The molecule has 0 heterocycles. The van der Waals surface area contributed by atoms with Crippen LogP contribution in [0.2, 0.25) is 0 Å². The van der Waals surface area contributed by atoms with E-state index in [1.165, 1.54) is 0 Å². The topological polar surface area (TPSA) is 49.4 Å². The van der Waals surface area contributed by atoms with Gasteiger partial charge >= 0.3 is 0 Å². The molecule has 0 aliphatic carbocycles. The number of hydrogen-bond acceptors (Lipinski definition) is 4. The standard InChI is InChI=1S/C16H16N4/c1-17-19-15-9-5-13(6-10-15)3-4-14-7-11-16(12-8-14)20-18-2/h3-12H,1-2H3. The fourth-order valence-corrected chi connectivity index (χ4v) is 1.73. The molecule has 0 N–H and O–H groups in total. The van der Waals surface area contributed by atoms with Crippen molar-refractivity contribution in [3.05, 3.63) is 59.7 Å². The van der Waals surface area contributed by atoms with E-state index in [0.717, 1.165) is 22.5 Å². The van der Waals surface area contributed by atoms with Crippen LogP contribution in [0.5, 0.6) is 0 Å². The summed E-state index contributed by atoms with van der Waals surface area (Å²) in [6, 6.07) is 15.8. The molecule has 0 unspecified atom stereocenters. The van der Waals surface area contributed by atoms with E-state index >= 15 is 0 Å². The van der Waals surface area contributed by atoms with Crippen molar-refractivity contribution in [2.75, 3.05) is 14.1 Å². The minimum Gasteiger partial charge on any atom is -0.192 e. The Hall–Kier alpha value is -2.62. The first-order valence-corrected chi connectivity index (χ1v) is 6.30. The lowest BCUT2D eigenvalue weighted by Crippen LogP contribution is -1.73. The predicted molar refractivity (Wildman–Crippen MR) is 82.7 cm³/mol. The Morgan fingerprint density at radius 2 is 0.950 bits per heavy atom. The Kier molecular flexibility index (Phi) is 4.89. The highest BCUT2D eigenvalue weighted by Crippen LogP contribution is 2.17. The molecule has 0 fully saturated rings. The largest absolute Gasteiger partial charge is 0.192 e. The summed E-state index contributed by atoms with van der Waals surface area (Å²) in [5.74, 6) is 0. The lowest BCUT2D eigenvalue weighted by molar-refractivity contribution is 1.17. The van der Waals surface area contributed by atoms with Gasteiger partial charge in [0.1, 0.15) is 0 Å². The van der Waals surface area contributed by atoms with Crippen LogP contribution >= 0.6 is 0 Å². The summed E-state index contributed by atoms with van der Waals surface area (Å²) in [5.41, 5.74) is 3.97. The molecular weight excluding hydrogens is 248 g/mol. The van der Waals surface area contributed by atoms with Crippen LogP contribution in [0.4, 0.5) is 11.4 Å². The van der Waals surface area contributed by atoms with Crippen molar-refractivity contribution >= 4 is 23.5 Å². The van der Waals surface area contributed by atoms with E-state index in [1.807, 2.05) is 48.5 Å². The van der Waals surface area contributed by atoms with Gasteiger partial charge in [-0.2, -0.15) is 20.5 Å². The van der Waals surface area contributed by atoms with Crippen LogP contribution in [0.15, 0.2) is 69.0 Å². The van der Waals surface area contributed by atoms with Gasteiger partial charge in [0, 0.05) is 14.1 Å². The smallest absolute Gasteiger partial charge is 0.0852 e. The molecular formula is C16H16N4. The lowest BCUT2D eigenvalue weighted by Gasteiger charge is -1.96. The van der Waals surface area contributed by atoms with Gasteiger partial charge < -0.3 is 0 Å². The highest BCUT2D eigenvalue weighted by Gasteiger charge is 1.92. The van der Waals surface area contributed by atoms with Crippen molar-refractivity contribution in [1.29, 1.82) is 0 Å². The van der Waals surface area contributed by atoms with Crippen LogP contribution in [-0.4, -0.2) is 14.1 Å². The summed E-state index contributed by atoms with van der Waals surface area (Å²) in [4.78, 5) is 0. The van der Waals surface area contributed by atoms with Crippen molar-refractivity contribution in [3.8, 4) is 0 Å². The van der Waals surface area contributed by atoms with Crippen molar-refractivity contribution in [3.63, 3.8) is 0 Å². The van der Waals surface area contributed by atoms with E-state index in [-0.39, 0.29) is 0 Å². The van der Waals surface area contributed by atoms with Crippen LogP contribution in [-0.2, 0) is 0 Å². The Balaban J connectivity index is 2.08. The Labute approximate surface area is 118 Å². The summed E-state index contributed by atoms with van der Waals surface area (Å²) in [6.07, 6.45) is 4.12. The van der Waals surface area contributed by atoms with E-state index in [0.29, 0.717) is 0 Å². The first-order chi connectivity index (χ1) is 9.81. The summed E-state index contributed by atoms with van der Waals surface area (Å²) in [6.45, 7) is 0. The maximum atomic E-state index is 3.97. The molecule has 2 aromatic rings. The molecule has 0 saturated heterocycles. The molecule has 0 atom stereocenters. The molecule has 0 amide bonds. The van der Waals surface area contributed by atoms with Gasteiger partial charge in [0.15, 0.2) is 0 Å². The van der Waals surface area contributed by atoms with Gasteiger partial charge in [-0.05, 0) is 35.4 Å². The molecule has 20 heavy (non-hydrogen) atoms. The first-order valence-electron chi connectivity index (χ1n) is 6.30. The van der Waals surface area contributed by atoms with Crippen molar-refractivity contribution in [1.82, 2.24) is 0 Å². The number of rotatable bonds is 4. The second-order valence-electron chi connectivity index (χ2n) is 4.12. The molecule has 0 aliphatic rings. The van der Waals surface area contributed by atoms with Crippen LogP contribution in [0.1, 0.15) is 11.1 Å². The van der Waals surface area contributed by atoms with Gasteiger partial charge in [-0.25, -0.2) is 0 Å². The van der Waals surface area contributed by atoms with E-state index in [4.69, 9.17) is 0 Å². The molecule has 4 nitrogen and oxygen atoms in total. The second kappa shape index (κ2) is 7.09. The number of nitrogens with zero attached hydrogens (tertiary/aromatic N) is 4. The average molecular weight is 264 g/mol. The molecule has 0 radical (unpaired) electrons. The SMILES string of the molecule is CN=Nc1ccc(C=Cc2ccc(N=NC)cc2)cc1. The maximum absolute atomic E-state index is 3.97. The lowest BCUT2D eigenvalue weighted by atomic mass is 10.1. The zero-order valence-corrected chi connectivity index (χ0v) is 11.6. The van der Waals surface area contributed by atoms with Gasteiger partial charge in [0.2, 0.25) is 0 Å². The number of benzene rings is 2. The van der Waals surface area contributed by atoms with Crippen LogP contribution in [0.25, 0.3) is 12.2 Å². The Bertz CT molecular complexity index is 565. The third-order valence-corrected chi connectivity index (χ3v) is 2.69. The third kappa shape index (κ3) is 3.95. The number of hydrogen-bond donors (Lipinski definition) is 0. The monoisotopic (exact) mass is 264 g/mol. The van der Waals surface area contributed by atoms with E-state index in [9.17, 15) is 0 Å². The molecule has 0 spiro atoms. The van der Waals surface area contributed by atoms with Crippen molar-refractivity contribution < 1.29 is 0 Å². The highest BCUT2D eigenvalue weighted by molar-refractivity contribution is 5.70. The van der Waals surface area contributed by atoms with Gasteiger partial charge in [-0.3, -0.25) is 0 Å². The average Bonchev–Trinajstić information content (AvgIpc) is 2.49. The van der Waals surface area contributed by atoms with Crippen LogP contribution in [0.3, 0.4) is 0 Å². The molecule has 2 aromatic carbocycles.